The molecule has 0 amide bonds. The van der Waals surface area contributed by atoms with Crippen LogP contribution < -0.4 is 0 Å². The molecule has 0 heterocycles. The average Bonchev–Trinajstić information content (AvgIpc) is 2.30. The highest BCUT2D eigenvalue weighted by Gasteiger charge is 2.26. The number of rotatable bonds is 7. The van der Waals surface area contributed by atoms with E-state index >= 15 is 0 Å². The molecule has 0 fully saturated rings. The van der Waals surface area contributed by atoms with Crippen molar-refractivity contribution in [3.63, 3.8) is 0 Å². The molecule has 1 heteroatoms. The maximum absolute atomic E-state index is 12.1. The van der Waals surface area contributed by atoms with Crippen LogP contribution in [0.25, 0.3) is 0 Å². The summed E-state index contributed by atoms with van der Waals surface area (Å²) < 4.78 is 0. The van der Waals surface area contributed by atoms with E-state index in [2.05, 4.69) is 32.9 Å². The van der Waals surface area contributed by atoms with Gasteiger partial charge in [-0.25, -0.2) is 0 Å². The predicted molar refractivity (Wildman–Crippen MR) is 73.1 cm³/mol. The number of Topliss-reactive ketones (excluding diaryl/α,β-unsaturated/α-hetero) is 1. The fourth-order valence-electron chi connectivity index (χ4n) is 2.08. The van der Waals surface area contributed by atoms with Crippen LogP contribution in [0, 0.1) is 5.41 Å². The van der Waals surface area contributed by atoms with Crippen LogP contribution in [0.1, 0.15) is 52.0 Å². The second-order valence-electron chi connectivity index (χ2n) is 5.43. The van der Waals surface area contributed by atoms with Gasteiger partial charge in [-0.2, -0.15) is 0 Å². The molecule has 1 aromatic carbocycles. The molecule has 94 valence electrons. The summed E-state index contributed by atoms with van der Waals surface area (Å²) in [5.41, 5.74) is 1.02. The fourth-order valence-corrected chi connectivity index (χ4v) is 2.08. The molecule has 0 bridgehead atoms. The number of carbonyl (C=O) groups is 1. The quantitative estimate of drug-likeness (QED) is 0.637. The standard InChI is InChI=1S/C16H24O/c1-4-5-7-12-15(17)16(2,3)13-14-10-8-6-9-11-14/h6,8-11H,4-5,7,12-13H2,1-3H3. The molecule has 0 aliphatic heterocycles. The number of hydrogen-bond donors (Lipinski definition) is 0. The van der Waals surface area contributed by atoms with Gasteiger partial charge in [-0.3, -0.25) is 4.79 Å². The molecule has 1 rings (SSSR count). The van der Waals surface area contributed by atoms with E-state index in [0.29, 0.717) is 5.78 Å². The zero-order chi connectivity index (χ0) is 12.7. The third-order valence-electron chi connectivity index (χ3n) is 3.25. The first-order valence-electron chi connectivity index (χ1n) is 6.63. The summed E-state index contributed by atoms with van der Waals surface area (Å²) in [6.45, 7) is 6.29. The summed E-state index contributed by atoms with van der Waals surface area (Å²) in [5.74, 6) is 0.398. The highest BCUT2D eigenvalue weighted by atomic mass is 16.1. The van der Waals surface area contributed by atoms with Crippen LogP contribution in [-0.2, 0) is 11.2 Å². The van der Waals surface area contributed by atoms with Crippen molar-refractivity contribution < 1.29 is 4.79 Å². The third-order valence-corrected chi connectivity index (χ3v) is 3.25. The van der Waals surface area contributed by atoms with Crippen molar-refractivity contribution in [1.82, 2.24) is 0 Å². The number of hydrogen-bond acceptors (Lipinski definition) is 1. The van der Waals surface area contributed by atoms with Gasteiger partial charge in [0.15, 0.2) is 0 Å². The number of unbranched alkanes of at least 4 members (excludes halogenated alkanes) is 2. The fraction of sp³-hybridized carbons (Fsp3) is 0.562. The van der Waals surface area contributed by atoms with Crippen LogP contribution in [0.15, 0.2) is 30.3 Å². The lowest BCUT2D eigenvalue weighted by atomic mass is 9.80. The molecule has 0 N–H and O–H groups in total. The molecule has 0 saturated heterocycles. The van der Waals surface area contributed by atoms with Gasteiger partial charge in [-0.15, -0.1) is 0 Å². The molecule has 0 aliphatic carbocycles. The van der Waals surface area contributed by atoms with E-state index in [0.717, 1.165) is 25.7 Å². The van der Waals surface area contributed by atoms with Crippen molar-refractivity contribution in [1.29, 1.82) is 0 Å². The monoisotopic (exact) mass is 232 g/mol. The van der Waals surface area contributed by atoms with E-state index in [1.165, 1.54) is 12.0 Å². The van der Waals surface area contributed by atoms with E-state index in [1.807, 2.05) is 18.2 Å². The Kier molecular flexibility index (Phi) is 5.40. The Morgan fingerprint density at radius 3 is 2.35 bits per heavy atom. The normalized spacial score (nSPS) is 11.5. The lowest BCUT2D eigenvalue weighted by Gasteiger charge is -2.23. The second-order valence-corrected chi connectivity index (χ2v) is 5.43. The van der Waals surface area contributed by atoms with E-state index in [-0.39, 0.29) is 5.41 Å². The first-order chi connectivity index (χ1) is 8.06. The van der Waals surface area contributed by atoms with Crippen molar-refractivity contribution in [2.45, 2.75) is 52.9 Å². The lowest BCUT2D eigenvalue weighted by molar-refractivity contribution is -0.127. The lowest BCUT2D eigenvalue weighted by Crippen LogP contribution is -2.26. The van der Waals surface area contributed by atoms with Crippen LogP contribution in [-0.4, -0.2) is 5.78 Å². The molecule has 1 nitrogen and oxygen atoms in total. The molecule has 0 spiro atoms. The van der Waals surface area contributed by atoms with Gasteiger partial charge in [0.2, 0.25) is 0 Å². The summed E-state index contributed by atoms with van der Waals surface area (Å²) in [6, 6.07) is 10.3. The molecule has 0 atom stereocenters. The van der Waals surface area contributed by atoms with Gasteiger partial charge < -0.3 is 0 Å². The van der Waals surface area contributed by atoms with Crippen LogP contribution in [0.2, 0.25) is 0 Å². The van der Waals surface area contributed by atoms with Crippen molar-refractivity contribution in [2.75, 3.05) is 0 Å². The van der Waals surface area contributed by atoms with Crippen LogP contribution in [0.3, 0.4) is 0 Å². The molecular formula is C16H24O. The largest absolute Gasteiger partial charge is 0.299 e. The Morgan fingerprint density at radius 1 is 1.12 bits per heavy atom. The molecule has 0 unspecified atom stereocenters. The highest BCUT2D eigenvalue weighted by Crippen LogP contribution is 2.25. The minimum atomic E-state index is -0.227. The number of benzene rings is 1. The van der Waals surface area contributed by atoms with E-state index in [4.69, 9.17) is 0 Å². The predicted octanol–water partition coefficient (Wildman–Crippen LogP) is 4.40. The van der Waals surface area contributed by atoms with E-state index in [9.17, 15) is 4.79 Å². The van der Waals surface area contributed by atoms with Crippen molar-refractivity contribution in [2.24, 2.45) is 5.41 Å². The van der Waals surface area contributed by atoms with Gasteiger partial charge in [-0.05, 0) is 18.4 Å². The number of ketones is 1. The van der Waals surface area contributed by atoms with E-state index in [1.54, 1.807) is 0 Å². The minimum Gasteiger partial charge on any atom is -0.299 e. The van der Waals surface area contributed by atoms with Gasteiger partial charge in [-0.1, -0.05) is 63.9 Å². The van der Waals surface area contributed by atoms with Crippen molar-refractivity contribution in [3.05, 3.63) is 35.9 Å². The van der Waals surface area contributed by atoms with E-state index < -0.39 is 0 Å². The van der Waals surface area contributed by atoms with Gasteiger partial charge >= 0.3 is 0 Å². The molecule has 0 radical (unpaired) electrons. The summed E-state index contributed by atoms with van der Waals surface area (Å²) in [4.78, 5) is 12.1. The molecule has 0 aromatic heterocycles. The Bertz CT molecular complexity index is 338. The number of carbonyl (C=O) groups excluding carboxylic acids is 1. The van der Waals surface area contributed by atoms with Crippen LogP contribution in [0.4, 0.5) is 0 Å². The van der Waals surface area contributed by atoms with Gasteiger partial charge in [0.25, 0.3) is 0 Å². The summed E-state index contributed by atoms with van der Waals surface area (Å²) in [5, 5.41) is 0. The zero-order valence-corrected chi connectivity index (χ0v) is 11.3. The first kappa shape index (κ1) is 14.0. The van der Waals surface area contributed by atoms with Crippen molar-refractivity contribution in [3.8, 4) is 0 Å². The van der Waals surface area contributed by atoms with Crippen LogP contribution in [0.5, 0.6) is 0 Å². The molecule has 0 aliphatic rings. The highest BCUT2D eigenvalue weighted by molar-refractivity contribution is 5.84. The Morgan fingerprint density at radius 2 is 1.76 bits per heavy atom. The van der Waals surface area contributed by atoms with Crippen molar-refractivity contribution >= 4 is 5.78 Å². The molecule has 17 heavy (non-hydrogen) atoms. The SMILES string of the molecule is CCCCCC(=O)C(C)(C)Cc1ccccc1. The molecular weight excluding hydrogens is 208 g/mol. The van der Waals surface area contributed by atoms with Gasteiger partial charge in [0.05, 0.1) is 0 Å². The maximum Gasteiger partial charge on any atom is 0.138 e. The van der Waals surface area contributed by atoms with Crippen LogP contribution >= 0.6 is 0 Å². The first-order valence-corrected chi connectivity index (χ1v) is 6.63. The maximum atomic E-state index is 12.1. The average molecular weight is 232 g/mol. The molecule has 1 aromatic rings. The van der Waals surface area contributed by atoms with Gasteiger partial charge in [0, 0.05) is 11.8 Å². The summed E-state index contributed by atoms with van der Waals surface area (Å²) in [7, 11) is 0. The zero-order valence-electron chi connectivity index (χ0n) is 11.3. The Labute approximate surface area is 105 Å². The Balaban J connectivity index is 2.52. The molecule has 0 saturated carbocycles. The second kappa shape index (κ2) is 6.58. The minimum absolute atomic E-state index is 0.227. The van der Waals surface area contributed by atoms with Gasteiger partial charge in [0.1, 0.15) is 5.78 Å². The third kappa shape index (κ3) is 4.72. The summed E-state index contributed by atoms with van der Waals surface area (Å²) >= 11 is 0. The Hall–Kier alpha value is -1.11. The summed E-state index contributed by atoms with van der Waals surface area (Å²) in [6.07, 6.45) is 4.94. The topological polar surface area (TPSA) is 17.1 Å². The smallest absolute Gasteiger partial charge is 0.138 e.